The van der Waals surface area contributed by atoms with Crippen LogP contribution in [-0.2, 0) is 20.9 Å². The summed E-state index contributed by atoms with van der Waals surface area (Å²) in [7, 11) is 0. The van der Waals surface area contributed by atoms with E-state index in [1.807, 2.05) is 0 Å². The van der Waals surface area contributed by atoms with Crippen LogP contribution in [0.2, 0.25) is 5.02 Å². The standard InChI is InChI=1S/C15H14ClN3O4/c1-10(15(22)18-12-6-5-11(16)8-17-12)23-14(21)9-19-7-3-2-4-13(19)20/h2-8,10H,9H2,1H3,(H,17,18,22)/t10-/m1/s1. The zero-order valence-corrected chi connectivity index (χ0v) is 13.0. The number of amides is 1. The lowest BCUT2D eigenvalue weighted by Gasteiger charge is -2.13. The summed E-state index contributed by atoms with van der Waals surface area (Å²) >= 11 is 5.70. The van der Waals surface area contributed by atoms with Crippen molar-refractivity contribution in [3.05, 3.63) is 58.1 Å². The predicted octanol–water partition coefficient (Wildman–Crippen LogP) is 1.47. The average Bonchev–Trinajstić information content (AvgIpc) is 2.51. The average molecular weight is 336 g/mol. The molecule has 1 N–H and O–H groups in total. The highest BCUT2D eigenvalue weighted by atomic mass is 35.5. The summed E-state index contributed by atoms with van der Waals surface area (Å²) in [6.45, 7) is 1.16. The third kappa shape index (κ3) is 4.93. The summed E-state index contributed by atoms with van der Waals surface area (Å²) < 4.78 is 6.19. The second-order valence-electron chi connectivity index (χ2n) is 4.65. The SMILES string of the molecule is C[C@@H](OC(=O)Cn1ccccc1=O)C(=O)Nc1ccc(Cl)cn1. The molecule has 2 aromatic heterocycles. The highest BCUT2D eigenvalue weighted by Crippen LogP contribution is 2.10. The van der Waals surface area contributed by atoms with Gasteiger partial charge in [0.2, 0.25) is 0 Å². The monoisotopic (exact) mass is 335 g/mol. The topological polar surface area (TPSA) is 90.3 Å². The van der Waals surface area contributed by atoms with Gasteiger partial charge < -0.3 is 14.6 Å². The van der Waals surface area contributed by atoms with Crippen molar-refractivity contribution in [2.24, 2.45) is 0 Å². The van der Waals surface area contributed by atoms with Gasteiger partial charge in [0, 0.05) is 18.5 Å². The summed E-state index contributed by atoms with van der Waals surface area (Å²) in [5, 5.41) is 2.94. The van der Waals surface area contributed by atoms with Gasteiger partial charge in [-0.25, -0.2) is 4.98 Å². The number of carbonyl (C=O) groups excluding carboxylic acids is 2. The van der Waals surface area contributed by atoms with Crippen LogP contribution in [0, 0.1) is 0 Å². The smallest absolute Gasteiger partial charge is 0.326 e. The van der Waals surface area contributed by atoms with Crippen LogP contribution in [0.25, 0.3) is 0 Å². The maximum Gasteiger partial charge on any atom is 0.326 e. The number of esters is 1. The van der Waals surface area contributed by atoms with E-state index in [9.17, 15) is 14.4 Å². The minimum absolute atomic E-state index is 0.267. The predicted molar refractivity (Wildman–Crippen MR) is 84.1 cm³/mol. The molecular weight excluding hydrogens is 322 g/mol. The number of ether oxygens (including phenoxy) is 1. The van der Waals surface area contributed by atoms with Crippen LogP contribution >= 0.6 is 11.6 Å². The number of hydrogen-bond acceptors (Lipinski definition) is 5. The second-order valence-corrected chi connectivity index (χ2v) is 5.09. The van der Waals surface area contributed by atoms with Crippen molar-refractivity contribution in [2.45, 2.75) is 19.6 Å². The van der Waals surface area contributed by atoms with E-state index in [2.05, 4.69) is 10.3 Å². The van der Waals surface area contributed by atoms with Crippen molar-refractivity contribution in [1.82, 2.24) is 9.55 Å². The van der Waals surface area contributed by atoms with E-state index in [4.69, 9.17) is 16.3 Å². The molecule has 0 aromatic carbocycles. The molecule has 0 unspecified atom stereocenters. The fourth-order valence-corrected chi connectivity index (χ4v) is 1.81. The highest BCUT2D eigenvalue weighted by molar-refractivity contribution is 6.30. The maximum absolute atomic E-state index is 11.9. The summed E-state index contributed by atoms with van der Waals surface area (Å²) in [5.74, 6) is -0.930. The molecule has 1 amide bonds. The van der Waals surface area contributed by atoms with Crippen LogP contribution in [0.15, 0.2) is 47.5 Å². The molecule has 0 bridgehead atoms. The van der Waals surface area contributed by atoms with Crippen molar-refractivity contribution in [2.75, 3.05) is 5.32 Å². The maximum atomic E-state index is 11.9. The molecule has 0 spiro atoms. The molecule has 23 heavy (non-hydrogen) atoms. The van der Waals surface area contributed by atoms with Gasteiger partial charge in [-0.3, -0.25) is 14.4 Å². The number of nitrogens with one attached hydrogen (secondary N) is 1. The summed E-state index contributed by atoms with van der Waals surface area (Å²) in [6.07, 6.45) is 1.82. The lowest BCUT2D eigenvalue weighted by Crippen LogP contribution is -2.32. The Kier molecular flexibility index (Phi) is 5.48. The van der Waals surface area contributed by atoms with Crippen LogP contribution in [0.3, 0.4) is 0 Å². The van der Waals surface area contributed by atoms with Crippen LogP contribution in [0.4, 0.5) is 5.82 Å². The van der Waals surface area contributed by atoms with Gasteiger partial charge in [-0.2, -0.15) is 0 Å². The van der Waals surface area contributed by atoms with E-state index in [-0.39, 0.29) is 12.1 Å². The number of nitrogens with zero attached hydrogens (tertiary/aromatic N) is 2. The number of hydrogen-bond donors (Lipinski definition) is 1. The third-order valence-electron chi connectivity index (χ3n) is 2.85. The largest absolute Gasteiger partial charge is 0.451 e. The van der Waals surface area contributed by atoms with Crippen LogP contribution in [0.1, 0.15) is 6.92 Å². The Morgan fingerprint density at radius 3 is 2.78 bits per heavy atom. The van der Waals surface area contributed by atoms with E-state index in [1.54, 1.807) is 18.2 Å². The fraction of sp³-hybridized carbons (Fsp3) is 0.200. The van der Waals surface area contributed by atoms with Crippen molar-refractivity contribution in [3.8, 4) is 0 Å². The van der Waals surface area contributed by atoms with Gasteiger partial charge in [0.25, 0.3) is 11.5 Å². The summed E-state index contributed by atoms with van der Waals surface area (Å²) in [6, 6.07) is 7.62. The van der Waals surface area contributed by atoms with Gasteiger partial charge in [-0.15, -0.1) is 0 Å². The Labute approximate surface area is 136 Å². The quantitative estimate of drug-likeness (QED) is 0.835. The van der Waals surface area contributed by atoms with E-state index in [0.29, 0.717) is 10.8 Å². The molecule has 0 aliphatic heterocycles. The lowest BCUT2D eigenvalue weighted by atomic mass is 10.3. The van der Waals surface area contributed by atoms with Gasteiger partial charge in [0.05, 0.1) is 5.02 Å². The van der Waals surface area contributed by atoms with Gasteiger partial charge >= 0.3 is 5.97 Å². The molecule has 2 heterocycles. The molecule has 8 heteroatoms. The fourth-order valence-electron chi connectivity index (χ4n) is 1.70. The van der Waals surface area contributed by atoms with E-state index in [1.165, 1.54) is 36.0 Å². The number of anilines is 1. The Morgan fingerprint density at radius 1 is 1.35 bits per heavy atom. The molecule has 0 aliphatic carbocycles. The first kappa shape index (κ1) is 16.7. The van der Waals surface area contributed by atoms with Gasteiger partial charge in [0.1, 0.15) is 12.4 Å². The third-order valence-corrected chi connectivity index (χ3v) is 3.08. The molecular formula is C15H14ClN3O4. The second kappa shape index (κ2) is 7.55. The number of pyridine rings is 2. The number of halogens is 1. The summed E-state index contributed by atoms with van der Waals surface area (Å²) in [5.41, 5.74) is -0.327. The van der Waals surface area contributed by atoms with Gasteiger partial charge in [-0.05, 0) is 25.1 Å². The zero-order chi connectivity index (χ0) is 16.8. The number of carbonyl (C=O) groups is 2. The molecule has 0 saturated carbocycles. The molecule has 2 rings (SSSR count). The zero-order valence-electron chi connectivity index (χ0n) is 12.2. The summed E-state index contributed by atoms with van der Waals surface area (Å²) in [4.78, 5) is 39.1. The molecule has 7 nitrogen and oxygen atoms in total. The Balaban J connectivity index is 1.90. The first-order chi connectivity index (χ1) is 11.0. The molecule has 0 radical (unpaired) electrons. The van der Waals surface area contributed by atoms with Gasteiger partial charge in [-0.1, -0.05) is 17.7 Å². The minimum atomic E-state index is -1.03. The number of aromatic nitrogens is 2. The first-order valence-electron chi connectivity index (χ1n) is 6.73. The lowest BCUT2D eigenvalue weighted by molar-refractivity contribution is -0.153. The Morgan fingerprint density at radius 2 is 2.13 bits per heavy atom. The number of rotatable bonds is 5. The van der Waals surface area contributed by atoms with E-state index >= 15 is 0 Å². The Bertz CT molecular complexity index is 758. The van der Waals surface area contributed by atoms with Crippen molar-refractivity contribution in [1.29, 1.82) is 0 Å². The molecule has 120 valence electrons. The van der Waals surface area contributed by atoms with E-state index in [0.717, 1.165) is 0 Å². The van der Waals surface area contributed by atoms with Crippen molar-refractivity contribution < 1.29 is 14.3 Å². The first-order valence-corrected chi connectivity index (χ1v) is 7.11. The van der Waals surface area contributed by atoms with Crippen LogP contribution < -0.4 is 10.9 Å². The van der Waals surface area contributed by atoms with Crippen molar-refractivity contribution >= 4 is 29.3 Å². The molecule has 1 atom stereocenters. The highest BCUT2D eigenvalue weighted by Gasteiger charge is 2.18. The Hall–Kier alpha value is -2.67. The van der Waals surface area contributed by atoms with Gasteiger partial charge in [0.15, 0.2) is 6.10 Å². The van der Waals surface area contributed by atoms with E-state index < -0.39 is 18.0 Å². The van der Waals surface area contributed by atoms with Crippen LogP contribution in [0.5, 0.6) is 0 Å². The molecule has 2 aromatic rings. The molecule has 0 aliphatic rings. The van der Waals surface area contributed by atoms with Crippen LogP contribution in [-0.4, -0.2) is 27.5 Å². The molecule has 0 fully saturated rings. The molecule has 0 saturated heterocycles. The van der Waals surface area contributed by atoms with Crippen molar-refractivity contribution in [3.63, 3.8) is 0 Å². The normalized spacial score (nSPS) is 11.6. The minimum Gasteiger partial charge on any atom is -0.451 e.